The molecule has 1 amide bonds. The highest BCUT2D eigenvalue weighted by Gasteiger charge is 2.30. The van der Waals surface area contributed by atoms with Crippen molar-refractivity contribution in [3.05, 3.63) is 69.9 Å². The molecule has 0 fully saturated rings. The van der Waals surface area contributed by atoms with E-state index in [1.807, 2.05) is 6.92 Å². The number of hydrogen-bond donors (Lipinski definition) is 1. The van der Waals surface area contributed by atoms with Crippen molar-refractivity contribution in [1.29, 1.82) is 0 Å². The third kappa shape index (κ3) is 3.95. The molecular formula is C18H19FN2O3. The van der Waals surface area contributed by atoms with Gasteiger partial charge in [0.15, 0.2) is 11.8 Å². The number of carbonyl (C=O) groups excluding carboxylic acids is 2. The number of halogens is 1. The largest absolute Gasteiger partial charge is 0.354 e. The Morgan fingerprint density at radius 3 is 2.46 bits per heavy atom. The van der Waals surface area contributed by atoms with E-state index in [0.29, 0.717) is 13.0 Å². The lowest BCUT2D eigenvalue weighted by Gasteiger charge is -2.19. The Balaban J connectivity index is 2.48. The van der Waals surface area contributed by atoms with Gasteiger partial charge in [-0.25, -0.2) is 4.39 Å². The summed E-state index contributed by atoms with van der Waals surface area (Å²) in [6.07, 6.45) is 2.17. The summed E-state index contributed by atoms with van der Waals surface area (Å²) in [5, 5.41) is 2.65. The first-order chi connectivity index (χ1) is 11.4. The summed E-state index contributed by atoms with van der Waals surface area (Å²) in [5.74, 6) is -1.60. The fourth-order valence-electron chi connectivity index (χ4n) is 2.31. The summed E-state index contributed by atoms with van der Waals surface area (Å²) in [7, 11) is 0. The van der Waals surface area contributed by atoms with Crippen molar-refractivity contribution >= 4 is 11.7 Å². The molecule has 0 saturated carbocycles. The van der Waals surface area contributed by atoms with Gasteiger partial charge in [-0.05, 0) is 43.2 Å². The number of benzene rings is 1. The molecular weight excluding hydrogens is 311 g/mol. The maximum Gasteiger partial charge on any atom is 0.251 e. The van der Waals surface area contributed by atoms with E-state index in [1.54, 1.807) is 13.0 Å². The molecule has 0 aliphatic rings. The monoisotopic (exact) mass is 330 g/mol. The van der Waals surface area contributed by atoms with Crippen LogP contribution in [0.15, 0.2) is 47.4 Å². The first-order valence-electron chi connectivity index (χ1n) is 7.70. The number of hydrogen-bond acceptors (Lipinski definition) is 3. The van der Waals surface area contributed by atoms with Crippen molar-refractivity contribution in [3.63, 3.8) is 0 Å². The van der Waals surface area contributed by atoms with Crippen LogP contribution >= 0.6 is 0 Å². The van der Waals surface area contributed by atoms with Crippen molar-refractivity contribution in [3.8, 4) is 0 Å². The Morgan fingerprint density at radius 2 is 1.83 bits per heavy atom. The van der Waals surface area contributed by atoms with E-state index in [0.717, 1.165) is 22.3 Å². The van der Waals surface area contributed by atoms with Gasteiger partial charge in [0.25, 0.3) is 11.5 Å². The second-order valence-electron chi connectivity index (χ2n) is 5.52. The van der Waals surface area contributed by atoms with Gasteiger partial charge in [0.2, 0.25) is 0 Å². The lowest BCUT2D eigenvalue weighted by atomic mass is 10.0. The van der Waals surface area contributed by atoms with Crippen molar-refractivity contribution in [2.24, 2.45) is 0 Å². The molecule has 0 radical (unpaired) electrons. The standard InChI is InChI=1S/C18H19FN2O3/c1-3-10-20-18(24)16(21-11-12(2)4-9-15(21)22)17(23)13-5-7-14(19)8-6-13/h4-9,11,16H,3,10H2,1-2H3,(H,20,24). The van der Waals surface area contributed by atoms with E-state index in [9.17, 15) is 18.8 Å². The molecule has 126 valence electrons. The maximum absolute atomic E-state index is 13.1. The second kappa shape index (κ2) is 7.68. The number of nitrogens with zero attached hydrogens (tertiary/aromatic N) is 1. The predicted molar refractivity (Wildman–Crippen MR) is 88.5 cm³/mol. The van der Waals surface area contributed by atoms with E-state index < -0.39 is 29.1 Å². The van der Waals surface area contributed by atoms with Crippen LogP contribution < -0.4 is 10.9 Å². The number of carbonyl (C=O) groups is 2. The Morgan fingerprint density at radius 1 is 1.17 bits per heavy atom. The van der Waals surface area contributed by atoms with Gasteiger partial charge in [-0.15, -0.1) is 0 Å². The van der Waals surface area contributed by atoms with Gasteiger partial charge in [0.1, 0.15) is 5.82 Å². The van der Waals surface area contributed by atoms with Crippen LogP contribution in [-0.2, 0) is 4.79 Å². The van der Waals surface area contributed by atoms with Crippen LogP contribution in [0.5, 0.6) is 0 Å². The number of ketones is 1. The maximum atomic E-state index is 13.1. The van der Waals surface area contributed by atoms with Crippen LogP contribution in [0.3, 0.4) is 0 Å². The first kappa shape index (κ1) is 17.6. The van der Waals surface area contributed by atoms with Crippen molar-refractivity contribution in [1.82, 2.24) is 9.88 Å². The van der Waals surface area contributed by atoms with E-state index in [-0.39, 0.29) is 5.56 Å². The molecule has 6 heteroatoms. The fourth-order valence-corrected chi connectivity index (χ4v) is 2.31. The predicted octanol–water partition coefficient (Wildman–Crippen LogP) is 2.25. The van der Waals surface area contributed by atoms with Gasteiger partial charge in [-0.1, -0.05) is 13.0 Å². The molecule has 24 heavy (non-hydrogen) atoms. The molecule has 1 N–H and O–H groups in total. The molecule has 5 nitrogen and oxygen atoms in total. The number of pyridine rings is 1. The molecule has 0 spiro atoms. The summed E-state index contributed by atoms with van der Waals surface area (Å²) in [5.41, 5.74) is 0.462. The molecule has 1 atom stereocenters. The van der Waals surface area contributed by atoms with Gasteiger partial charge in [-0.2, -0.15) is 0 Å². The molecule has 2 rings (SSSR count). The second-order valence-corrected chi connectivity index (χ2v) is 5.52. The van der Waals surface area contributed by atoms with Crippen molar-refractivity contribution in [2.75, 3.05) is 6.54 Å². The Labute approximate surface area is 139 Å². The average molecular weight is 330 g/mol. The van der Waals surface area contributed by atoms with Gasteiger partial charge < -0.3 is 5.32 Å². The van der Waals surface area contributed by atoms with Crippen LogP contribution in [0, 0.1) is 12.7 Å². The topological polar surface area (TPSA) is 68.2 Å². The Bertz CT molecular complexity index is 797. The summed E-state index contributed by atoms with van der Waals surface area (Å²) >= 11 is 0. The van der Waals surface area contributed by atoms with Crippen molar-refractivity contribution < 1.29 is 14.0 Å². The lowest BCUT2D eigenvalue weighted by molar-refractivity contribution is -0.123. The molecule has 1 aromatic carbocycles. The van der Waals surface area contributed by atoms with Crippen LogP contribution in [0.2, 0.25) is 0 Å². The summed E-state index contributed by atoms with van der Waals surface area (Å²) in [6.45, 7) is 4.04. The number of nitrogens with one attached hydrogen (secondary N) is 1. The van der Waals surface area contributed by atoms with Gasteiger partial charge in [-0.3, -0.25) is 19.0 Å². The summed E-state index contributed by atoms with van der Waals surface area (Å²) in [4.78, 5) is 37.4. The van der Waals surface area contributed by atoms with Gasteiger partial charge in [0.05, 0.1) is 0 Å². The highest BCUT2D eigenvalue weighted by Crippen LogP contribution is 2.15. The Hall–Kier alpha value is -2.76. The summed E-state index contributed by atoms with van der Waals surface area (Å²) < 4.78 is 14.2. The highest BCUT2D eigenvalue weighted by molar-refractivity contribution is 6.11. The molecule has 0 aliphatic carbocycles. The zero-order valence-corrected chi connectivity index (χ0v) is 13.6. The molecule has 1 aromatic heterocycles. The van der Waals surface area contributed by atoms with Gasteiger partial charge in [0, 0.05) is 24.4 Å². The minimum Gasteiger partial charge on any atom is -0.354 e. The minimum atomic E-state index is -1.32. The molecule has 0 bridgehead atoms. The third-order valence-corrected chi connectivity index (χ3v) is 3.54. The van der Waals surface area contributed by atoms with E-state index in [1.165, 1.54) is 24.4 Å². The highest BCUT2D eigenvalue weighted by atomic mass is 19.1. The van der Waals surface area contributed by atoms with Crippen LogP contribution in [0.1, 0.15) is 35.3 Å². The van der Waals surface area contributed by atoms with Gasteiger partial charge >= 0.3 is 0 Å². The number of amides is 1. The fraction of sp³-hybridized carbons (Fsp3) is 0.278. The van der Waals surface area contributed by atoms with Crippen molar-refractivity contribution in [2.45, 2.75) is 26.3 Å². The zero-order chi connectivity index (χ0) is 17.7. The van der Waals surface area contributed by atoms with E-state index in [4.69, 9.17) is 0 Å². The zero-order valence-electron chi connectivity index (χ0n) is 13.6. The average Bonchev–Trinajstić information content (AvgIpc) is 2.56. The normalized spacial score (nSPS) is 11.8. The molecule has 2 aromatic rings. The first-order valence-corrected chi connectivity index (χ1v) is 7.70. The third-order valence-electron chi connectivity index (χ3n) is 3.54. The van der Waals surface area contributed by atoms with Crippen LogP contribution in [-0.4, -0.2) is 22.8 Å². The Kier molecular flexibility index (Phi) is 5.63. The molecule has 1 heterocycles. The molecule has 1 unspecified atom stereocenters. The quantitative estimate of drug-likeness (QED) is 0.652. The lowest BCUT2D eigenvalue weighted by Crippen LogP contribution is -2.41. The van der Waals surface area contributed by atoms with E-state index >= 15 is 0 Å². The minimum absolute atomic E-state index is 0.168. The number of rotatable bonds is 6. The smallest absolute Gasteiger partial charge is 0.251 e. The summed E-state index contributed by atoms with van der Waals surface area (Å²) in [6, 6.07) is 6.50. The van der Waals surface area contributed by atoms with Crippen LogP contribution in [0.4, 0.5) is 4.39 Å². The SMILES string of the molecule is CCCNC(=O)C(C(=O)c1ccc(F)cc1)n1cc(C)ccc1=O. The van der Waals surface area contributed by atoms with E-state index in [2.05, 4.69) is 5.32 Å². The van der Waals surface area contributed by atoms with Crippen LogP contribution in [0.25, 0.3) is 0 Å². The molecule has 0 saturated heterocycles. The number of aromatic nitrogens is 1. The number of Topliss-reactive ketones (excluding diaryl/α,β-unsaturated/α-hetero) is 1. The molecule has 0 aliphatic heterocycles. The number of aryl methyl sites for hydroxylation is 1.